The summed E-state index contributed by atoms with van der Waals surface area (Å²) >= 11 is 6.40. The topological polar surface area (TPSA) is 81.5 Å². The summed E-state index contributed by atoms with van der Waals surface area (Å²) in [5.41, 5.74) is 2.08. The van der Waals surface area contributed by atoms with Crippen LogP contribution in [0.15, 0.2) is 48.7 Å². The lowest BCUT2D eigenvalue weighted by atomic mass is 10.2. The van der Waals surface area contributed by atoms with Crippen LogP contribution < -0.4 is 9.04 Å². The fourth-order valence-corrected chi connectivity index (χ4v) is 3.84. The second kappa shape index (κ2) is 9.53. The number of amides is 1. The van der Waals surface area contributed by atoms with Gasteiger partial charge in [0, 0.05) is 11.2 Å². The van der Waals surface area contributed by atoms with E-state index in [4.69, 9.17) is 16.3 Å². The molecule has 0 radical (unpaired) electrons. The van der Waals surface area contributed by atoms with Crippen LogP contribution in [-0.2, 0) is 17.4 Å². The van der Waals surface area contributed by atoms with E-state index in [0.717, 1.165) is 15.4 Å². The standard InChI is InChI=1S/C22H24ClN3O4S/c1-14(2)30-19-10-7-17(20(23)11-19)12-25-13-21(24-16(25)4)22(27)26(31(28)29)18-8-5-15(3)6-9-18/h5-11,13-14,31H,12H2,1-4H3. The molecule has 3 aromatic rings. The SMILES string of the molecule is Cc1ccc(N(C(=O)c2cn(Cc3ccc(OC(C)C)cc3Cl)c(C)n2)[SH](=O)=O)cc1. The van der Waals surface area contributed by atoms with Gasteiger partial charge in [0.1, 0.15) is 17.3 Å². The number of rotatable bonds is 7. The minimum atomic E-state index is -3.18. The average Bonchev–Trinajstić information content (AvgIpc) is 3.05. The third-order valence-corrected chi connectivity index (χ3v) is 5.66. The van der Waals surface area contributed by atoms with Gasteiger partial charge < -0.3 is 9.30 Å². The maximum atomic E-state index is 12.9. The first-order valence-corrected chi connectivity index (χ1v) is 11.2. The maximum Gasteiger partial charge on any atom is 0.292 e. The Morgan fingerprint density at radius 3 is 2.42 bits per heavy atom. The van der Waals surface area contributed by atoms with Crippen LogP contribution in [-0.4, -0.2) is 30.0 Å². The van der Waals surface area contributed by atoms with Crippen molar-refractivity contribution in [2.45, 2.75) is 40.3 Å². The van der Waals surface area contributed by atoms with Gasteiger partial charge in [-0.3, -0.25) is 4.79 Å². The molecule has 0 saturated heterocycles. The van der Waals surface area contributed by atoms with Crippen LogP contribution in [0, 0.1) is 13.8 Å². The first kappa shape index (κ1) is 22.8. The van der Waals surface area contributed by atoms with Crippen LogP contribution in [0.5, 0.6) is 5.75 Å². The van der Waals surface area contributed by atoms with E-state index in [2.05, 4.69) is 4.98 Å². The number of ether oxygens (including phenoxy) is 1. The molecule has 1 aromatic heterocycles. The molecule has 1 amide bonds. The number of imidazole rings is 1. The molecule has 0 fully saturated rings. The molecular formula is C22H24ClN3O4S. The number of carbonyl (C=O) groups is 1. The number of aryl methyl sites for hydroxylation is 2. The van der Waals surface area contributed by atoms with Gasteiger partial charge in [-0.25, -0.2) is 17.7 Å². The van der Waals surface area contributed by atoms with Gasteiger partial charge in [0.15, 0.2) is 0 Å². The lowest BCUT2D eigenvalue weighted by molar-refractivity contribution is 0.100. The van der Waals surface area contributed by atoms with E-state index in [9.17, 15) is 13.2 Å². The van der Waals surface area contributed by atoms with Gasteiger partial charge in [-0.05, 0) is 57.5 Å². The largest absolute Gasteiger partial charge is 0.491 e. The molecule has 0 aliphatic carbocycles. The normalized spacial score (nSPS) is 11.2. The highest BCUT2D eigenvalue weighted by Gasteiger charge is 2.23. The fourth-order valence-electron chi connectivity index (χ4n) is 3.04. The summed E-state index contributed by atoms with van der Waals surface area (Å²) in [6.45, 7) is 7.87. The molecule has 0 bridgehead atoms. The molecule has 0 unspecified atom stereocenters. The molecule has 0 aliphatic heterocycles. The number of benzene rings is 2. The summed E-state index contributed by atoms with van der Waals surface area (Å²) in [6, 6.07) is 12.1. The number of anilines is 1. The zero-order valence-corrected chi connectivity index (χ0v) is 19.4. The first-order valence-electron chi connectivity index (χ1n) is 9.70. The third-order valence-electron chi connectivity index (χ3n) is 4.57. The van der Waals surface area contributed by atoms with E-state index < -0.39 is 16.8 Å². The van der Waals surface area contributed by atoms with Gasteiger partial charge in [0.05, 0.1) is 18.3 Å². The molecule has 0 N–H and O–H groups in total. The van der Waals surface area contributed by atoms with Crippen molar-refractivity contribution in [2.24, 2.45) is 0 Å². The molecule has 0 aliphatic rings. The minimum Gasteiger partial charge on any atom is -0.491 e. The van der Waals surface area contributed by atoms with Gasteiger partial charge >= 0.3 is 0 Å². The number of carbonyl (C=O) groups excluding carboxylic acids is 1. The molecule has 0 atom stereocenters. The summed E-state index contributed by atoms with van der Waals surface area (Å²) in [5, 5.41) is 0.531. The predicted molar refractivity (Wildman–Crippen MR) is 122 cm³/mol. The quantitative estimate of drug-likeness (QED) is 0.534. The fraction of sp³-hybridized carbons (Fsp3) is 0.273. The summed E-state index contributed by atoms with van der Waals surface area (Å²) in [4.78, 5) is 17.2. The Morgan fingerprint density at radius 2 is 1.84 bits per heavy atom. The van der Waals surface area contributed by atoms with Crippen molar-refractivity contribution in [3.63, 3.8) is 0 Å². The Labute approximate surface area is 188 Å². The third kappa shape index (κ3) is 5.45. The van der Waals surface area contributed by atoms with Gasteiger partial charge in [-0.1, -0.05) is 35.4 Å². The van der Waals surface area contributed by atoms with Crippen LogP contribution in [0.2, 0.25) is 5.02 Å². The van der Waals surface area contributed by atoms with E-state index in [1.165, 1.54) is 6.20 Å². The molecule has 0 saturated carbocycles. The van der Waals surface area contributed by atoms with Crippen LogP contribution in [0.3, 0.4) is 0 Å². The van der Waals surface area contributed by atoms with Crippen LogP contribution in [0.1, 0.15) is 41.3 Å². The Balaban J connectivity index is 1.86. The Kier molecular flexibility index (Phi) is 7.02. The number of hydrogen-bond donors (Lipinski definition) is 1. The average molecular weight is 462 g/mol. The summed E-state index contributed by atoms with van der Waals surface area (Å²) in [6.07, 6.45) is 1.57. The maximum absolute atomic E-state index is 12.9. The molecule has 7 nitrogen and oxygen atoms in total. The number of halogens is 1. The second-order valence-electron chi connectivity index (χ2n) is 7.41. The smallest absolute Gasteiger partial charge is 0.292 e. The van der Waals surface area contributed by atoms with Crippen molar-refractivity contribution in [3.8, 4) is 5.75 Å². The molecule has 31 heavy (non-hydrogen) atoms. The van der Waals surface area contributed by atoms with Crippen molar-refractivity contribution < 1.29 is 17.9 Å². The van der Waals surface area contributed by atoms with E-state index in [0.29, 0.717) is 23.1 Å². The molecule has 164 valence electrons. The minimum absolute atomic E-state index is 0.0353. The van der Waals surface area contributed by atoms with Gasteiger partial charge in [0.25, 0.3) is 5.91 Å². The number of aromatic nitrogens is 2. The monoisotopic (exact) mass is 461 g/mol. The Bertz CT molecular complexity index is 1160. The van der Waals surface area contributed by atoms with Crippen molar-refractivity contribution in [1.82, 2.24) is 9.55 Å². The van der Waals surface area contributed by atoms with Gasteiger partial charge in [0.2, 0.25) is 10.9 Å². The van der Waals surface area contributed by atoms with Crippen molar-refractivity contribution in [3.05, 3.63) is 76.3 Å². The summed E-state index contributed by atoms with van der Waals surface area (Å²) < 4.78 is 31.8. The predicted octanol–water partition coefficient (Wildman–Crippen LogP) is 4.16. The first-order chi connectivity index (χ1) is 14.7. The number of thiol groups is 1. The van der Waals surface area contributed by atoms with E-state index in [-0.39, 0.29) is 17.5 Å². The van der Waals surface area contributed by atoms with Crippen molar-refractivity contribution in [2.75, 3.05) is 4.31 Å². The summed E-state index contributed by atoms with van der Waals surface area (Å²) in [5.74, 6) is 0.524. The Hall–Kier alpha value is -2.84. The molecule has 1 heterocycles. The zero-order valence-electron chi connectivity index (χ0n) is 17.7. The summed E-state index contributed by atoms with van der Waals surface area (Å²) in [7, 11) is -3.18. The van der Waals surface area contributed by atoms with Gasteiger partial charge in [-0.2, -0.15) is 0 Å². The van der Waals surface area contributed by atoms with Crippen molar-refractivity contribution >= 4 is 34.1 Å². The van der Waals surface area contributed by atoms with E-state index in [1.807, 2.05) is 32.9 Å². The molecular weight excluding hydrogens is 438 g/mol. The van der Waals surface area contributed by atoms with Gasteiger partial charge in [-0.15, -0.1) is 0 Å². The lowest BCUT2D eigenvalue weighted by Crippen LogP contribution is -2.29. The lowest BCUT2D eigenvalue weighted by Gasteiger charge is -2.14. The second-order valence-corrected chi connectivity index (χ2v) is 8.69. The van der Waals surface area contributed by atoms with Crippen LogP contribution >= 0.6 is 11.6 Å². The molecule has 2 aromatic carbocycles. The van der Waals surface area contributed by atoms with Crippen LogP contribution in [0.4, 0.5) is 5.69 Å². The highest BCUT2D eigenvalue weighted by atomic mass is 35.5. The number of hydrogen-bond acceptors (Lipinski definition) is 5. The van der Waals surface area contributed by atoms with Crippen LogP contribution in [0.25, 0.3) is 0 Å². The highest BCUT2D eigenvalue weighted by molar-refractivity contribution is 7.75. The molecule has 9 heteroatoms. The van der Waals surface area contributed by atoms with E-state index in [1.54, 1.807) is 41.8 Å². The van der Waals surface area contributed by atoms with E-state index >= 15 is 0 Å². The Morgan fingerprint density at radius 1 is 1.16 bits per heavy atom. The highest BCUT2D eigenvalue weighted by Crippen LogP contribution is 2.25. The zero-order chi connectivity index (χ0) is 22.7. The van der Waals surface area contributed by atoms with Crippen molar-refractivity contribution in [1.29, 1.82) is 0 Å². The number of nitrogens with zero attached hydrogens (tertiary/aromatic N) is 3. The molecule has 3 rings (SSSR count). The molecule has 0 spiro atoms.